The smallest absolute Gasteiger partial charge is 0.334 e. The number of fused-ring (bicyclic) bond motifs is 3. The second-order valence-electron chi connectivity index (χ2n) is 14.8. The van der Waals surface area contributed by atoms with E-state index in [2.05, 4.69) is 27.7 Å². The molecule has 0 saturated heterocycles. The van der Waals surface area contributed by atoms with E-state index in [1.807, 2.05) is 30.3 Å². The Labute approximate surface area is 260 Å². The van der Waals surface area contributed by atoms with E-state index >= 15 is 0 Å². The highest BCUT2D eigenvalue weighted by atomic mass is 16.7. The summed E-state index contributed by atoms with van der Waals surface area (Å²) < 4.78 is 16.2. The van der Waals surface area contributed by atoms with Crippen LogP contribution in [0.15, 0.2) is 48.1 Å². The number of carbonyl (C=O) groups is 3. The molecule has 4 aliphatic rings. The summed E-state index contributed by atoms with van der Waals surface area (Å²) in [6.07, 6.45) is 8.17. The van der Waals surface area contributed by atoms with Gasteiger partial charge in [0.2, 0.25) is 0 Å². The van der Waals surface area contributed by atoms with Crippen LogP contribution in [0.25, 0.3) is 6.08 Å². The van der Waals surface area contributed by atoms with Crippen LogP contribution < -0.4 is 0 Å². The number of hydrogen-bond donors (Lipinski definition) is 2. The average molecular weight is 609 g/mol. The summed E-state index contributed by atoms with van der Waals surface area (Å²) in [5, 5.41) is 23.9. The zero-order chi connectivity index (χ0) is 31.9. The van der Waals surface area contributed by atoms with Crippen LogP contribution in [-0.4, -0.2) is 52.7 Å². The molecule has 3 saturated carbocycles. The number of aliphatic hydroxyl groups is 2. The number of cyclic esters (lactones) is 1. The summed E-state index contributed by atoms with van der Waals surface area (Å²) in [7, 11) is 0. The highest BCUT2D eigenvalue weighted by Crippen LogP contribution is 2.70. The highest BCUT2D eigenvalue weighted by molar-refractivity contribution is 5.89. The first kappa shape index (κ1) is 32.4. The van der Waals surface area contributed by atoms with Gasteiger partial charge in [-0.3, -0.25) is 4.79 Å². The van der Waals surface area contributed by atoms with Gasteiger partial charge in [0.15, 0.2) is 0 Å². The van der Waals surface area contributed by atoms with Gasteiger partial charge in [0.1, 0.15) is 12.2 Å². The van der Waals surface area contributed by atoms with Gasteiger partial charge in [-0.1, -0.05) is 64.4 Å². The molecule has 240 valence electrons. The molecule has 0 aromatic heterocycles. The van der Waals surface area contributed by atoms with E-state index in [1.165, 1.54) is 25.5 Å². The van der Waals surface area contributed by atoms with Crippen LogP contribution in [0.5, 0.6) is 0 Å². The fourth-order valence-electron chi connectivity index (χ4n) is 9.82. The van der Waals surface area contributed by atoms with Crippen molar-refractivity contribution in [2.24, 2.45) is 34.0 Å². The molecule has 8 nitrogen and oxygen atoms in total. The zero-order valence-corrected chi connectivity index (χ0v) is 26.7. The van der Waals surface area contributed by atoms with Gasteiger partial charge in [-0.05, 0) is 90.6 Å². The summed E-state index contributed by atoms with van der Waals surface area (Å²) in [5.74, 6) is -1.48. The van der Waals surface area contributed by atoms with Crippen molar-refractivity contribution in [3.63, 3.8) is 0 Å². The van der Waals surface area contributed by atoms with Crippen LogP contribution >= 0.6 is 0 Å². The molecule has 3 aliphatic carbocycles. The van der Waals surface area contributed by atoms with Crippen LogP contribution in [0.2, 0.25) is 0 Å². The van der Waals surface area contributed by atoms with Gasteiger partial charge >= 0.3 is 17.9 Å². The Morgan fingerprint density at radius 3 is 2.43 bits per heavy atom. The number of esters is 3. The molecule has 1 aliphatic heterocycles. The Hall–Kier alpha value is -2.97. The van der Waals surface area contributed by atoms with E-state index in [1.54, 1.807) is 6.08 Å². The Bertz CT molecular complexity index is 1320. The Kier molecular flexibility index (Phi) is 8.91. The predicted molar refractivity (Wildman–Crippen MR) is 165 cm³/mol. The lowest BCUT2D eigenvalue weighted by Gasteiger charge is -2.68. The molecule has 44 heavy (non-hydrogen) atoms. The Morgan fingerprint density at radius 1 is 1.02 bits per heavy atom. The van der Waals surface area contributed by atoms with Gasteiger partial charge in [0.25, 0.3) is 6.29 Å². The van der Waals surface area contributed by atoms with Gasteiger partial charge in [0, 0.05) is 24.6 Å². The second kappa shape index (κ2) is 12.1. The lowest BCUT2D eigenvalue weighted by atomic mass is 9.38. The third kappa shape index (κ3) is 6.12. The molecule has 1 aromatic rings. The molecular weight excluding hydrogens is 560 g/mol. The van der Waals surface area contributed by atoms with E-state index in [9.17, 15) is 24.6 Å². The molecule has 8 heteroatoms. The number of benzene rings is 1. The van der Waals surface area contributed by atoms with Crippen molar-refractivity contribution in [2.45, 2.75) is 104 Å². The monoisotopic (exact) mass is 608 g/mol. The van der Waals surface area contributed by atoms with Gasteiger partial charge in [0.05, 0.1) is 6.10 Å². The van der Waals surface area contributed by atoms with Crippen LogP contribution in [0.4, 0.5) is 0 Å². The first-order valence-electron chi connectivity index (χ1n) is 16.1. The van der Waals surface area contributed by atoms with E-state index in [4.69, 9.17) is 14.2 Å². The maximum atomic E-state index is 12.7. The van der Waals surface area contributed by atoms with Crippen LogP contribution in [0.3, 0.4) is 0 Å². The standard InChI is InChI=1S/C36H48O8/c1-23(37)42-22-36(41)19-15-28-34(4)17-9-16-33(2,3)27(34)14-18-35(28,5)29(36)21-26(38)25-20-31(40)44-32(25)43-30(39)13-12-24-10-7-6-8-11-24/h6-8,10-13,20,26-29,32,38,41H,9,14-19,21-22H2,1-5H3/t26-,27+,28+,29-,32-,34+,35+,36-/m1/s1. The number of hydrogen-bond acceptors (Lipinski definition) is 8. The molecule has 0 amide bonds. The van der Waals surface area contributed by atoms with Gasteiger partial charge < -0.3 is 24.4 Å². The molecule has 1 heterocycles. The molecule has 1 aromatic carbocycles. The lowest BCUT2D eigenvalue weighted by molar-refractivity contribution is -0.231. The fraction of sp³-hybridized carbons (Fsp3) is 0.639. The lowest BCUT2D eigenvalue weighted by Crippen LogP contribution is -2.64. The van der Waals surface area contributed by atoms with Crippen molar-refractivity contribution in [2.75, 3.05) is 6.61 Å². The summed E-state index contributed by atoms with van der Waals surface area (Å²) >= 11 is 0. The molecule has 5 rings (SSSR count). The van der Waals surface area contributed by atoms with E-state index in [0.29, 0.717) is 18.3 Å². The molecule has 2 N–H and O–H groups in total. The molecular formula is C36H48O8. The van der Waals surface area contributed by atoms with Crippen LogP contribution in [0.1, 0.15) is 91.5 Å². The number of carbonyl (C=O) groups excluding carboxylic acids is 3. The van der Waals surface area contributed by atoms with Crippen molar-refractivity contribution in [3.05, 3.63) is 53.6 Å². The first-order valence-corrected chi connectivity index (χ1v) is 16.1. The summed E-state index contributed by atoms with van der Waals surface area (Å²) in [4.78, 5) is 36.9. The fourth-order valence-corrected chi connectivity index (χ4v) is 9.82. The molecule has 0 unspecified atom stereocenters. The van der Waals surface area contributed by atoms with Crippen molar-refractivity contribution < 1.29 is 38.8 Å². The third-order valence-electron chi connectivity index (χ3n) is 11.7. The third-order valence-corrected chi connectivity index (χ3v) is 11.7. The number of aliphatic hydroxyl groups excluding tert-OH is 1. The van der Waals surface area contributed by atoms with Crippen LogP contribution in [0, 0.1) is 34.0 Å². The maximum absolute atomic E-state index is 12.7. The van der Waals surface area contributed by atoms with E-state index in [-0.39, 0.29) is 34.8 Å². The van der Waals surface area contributed by atoms with E-state index < -0.39 is 41.8 Å². The van der Waals surface area contributed by atoms with Crippen molar-refractivity contribution >= 4 is 24.0 Å². The summed E-state index contributed by atoms with van der Waals surface area (Å²) in [5.41, 5.74) is -0.458. The zero-order valence-electron chi connectivity index (χ0n) is 26.7. The molecule has 8 atom stereocenters. The Balaban J connectivity index is 1.40. The van der Waals surface area contributed by atoms with E-state index in [0.717, 1.165) is 37.7 Å². The van der Waals surface area contributed by atoms with Gasteiger partial charge in [-0.25, -0.2) is 9.59 Å². The minimum atomic E-state index is -1.37. The SMILES string of the molecule is CC(=O)OC[C@]1(O)CC[C@@H]2[C@](C)(CC[C@H]3C(C)(C)CCC[C@]23C)[C@H]1C[C@@H](O)C1=CC(=O)O[C@H]1OC(=O)C=Cc1ccccc1. The highest BCUT2D eigenvalue weighted by Gasteiger charge is 2.65. The largest absolute Gasteiger partial charge is 0.463 e. The second-order valence-corrected chi connectivity index (χ2v) is 14.8. The molecule has 3 fully saturated rings. The normalized spacial score (nSPS) is 36.9. The van der Waals surface area contributed by atoms with Crippen molar-refractivity contribution in [1.82, 2.24) is 0 Å². The van der Waals surface area contributed by atoms with Gasteiger partial charge in [-0.2, -0.15) is 0 Å². The number of rotatable bonds is 8. The number of ether oxygens (including phenoxy) is 3. The summed E-state index contributed by atoms with van der Waals surface area (Å²) in [6.45, 7) is 10.6. The van der Waals surface area contributed by atoms with Gasteiger partial charge in [-0.15, -0.1) is 0 Å². The van der Waals surface area contributed by atoms with Crippen molar-refractivity contribution in [1.29, 1.82) is 0 Å². The minimum absolute atomic E-state index is 0.0789. The van der Waals surface area contributed by atoms with Crippen LogP contribution in [-0.2, 0) is 28.6 Å². The maximum Gasteiger partial charge on any atom is 0.334 e. The van der Waals surface area contributed by atoms with Crippen molar-refractivity contribution in [3.8, 4) is 0 Å². The average Bonchev–Trinajstić information content (AvgIpc) is 3.32. The summed E-state index contributed by atoms with van der Waals surface area (Å²) in [6, 6.07) is 9.25. The first-order chi connectivity index (χ1) is 20.7. The topological polar surface area (TPSA) is 119 Å². The Morgan fingerprint density at radius 2 is 1.73 bits per heavy atom. The molecule has 0 bridgehead atoms. The quantitative estimate of drug-likeness (QED) is 0.283. The predicted octanol–water partition coefficient (Wildman–Crippen LogP) is 5.76. The minimum Gasteiger partial charge on any atom is -0.463 e. The molecule has 0 spiro atoms. The molecule has 0 radical (unpaired) electrons.